The minimum atomic E-state index is -0.636. The van der Waals surface area contributed by atoms with Gasteiger partial charge >= 0.3 is 6.03 Å². The van der Waals surface area contributed by atoms with E-state index in [9.17, 15) is 9.18 Å². The number of urea groups is 1. The summed E-state index contributed by atoms with van der Waals surface area (Å²) in [5.41, 5.74) is 10.1. The summed E-state index contributed by atoms with van der Waals surface area (Å²) in [4.78, 5) is 20.3. The van der Waals surface area contributed by atoms with Crippen LogP contribution in [0.2, 0.25) is 0 Å². The van der Waals surface area contributed by atoms with Crippen molar-refractivity contribution in [2.24, 2.45) is 5.73 Å². The molecule has 5 rings (SSSR count). The number of hydrogen-bond donors (Lipinski definition) is 4. The molecule has 0 aliphatic heterocycles. The number of benzene rings is 2. The van der Waals surface area contributed by atoms with Crippen LogP contribution in [0.25, 0.3) is 27.9 Å². The zero-order valence-electron chi connectivity index (χ0n) is 16.1. The molecule has 5 aromatic rings. The quantitative estimate of drug-likeness (QED) is 0.349. The highest BCUT2D eigenvalue weighted by molar-refractivity contribution is 5.89. The molecule has 0 atom stereocenters. The molecule has 3 aromatic heterocycles. The number of halogens is 1. The Kier molecular flexibility index (Phi) is 4.43. The van der Waals surface area contributed by atoms with Gasteiger partial charge in [-0.25, -0.2) is 19.2 Å². The monoisotopic (exact) mass is 416 g/mol. The topological polar surface area (TPSA) is 126 Å². The number of hydrogen-bond acceptors (Lipinski definition) is 5. The number of H-pyrrole nitrogens is 1. The van der Waals surface area contributed by atoms with Gasteiger partial charge in [0, 0.05) is 35.6 Å². The molecule has 0 saturated heterocycles. The molecular formula is C21H17FN8O. The van der Waals surface area contributed by atoms with Crippen LogP contribution in [0.1, 0.15) is 5.56 Å². The molecule has 3 heterocycles. The molecule has 31 heavy (non-hydrogen) atoms. The number of primary amides is 1. The van der Waals surface area contributed by atoms with Gasteiger partial charge in [0.1, 0.15) is 5.82 Å². The first-order valence-corrected chi connectivity index (χ1v) is 9.43. The van der Waals surface area contributed by atoms with Crippen molar-refractivity contribution in [3.63, 3.8) is 0 Å². The highest BCUT2D eigenvalue weighted by Gasteiger charge is 2.15. The highest BCUT2D eigenvalue weighted by atomic mass is 19.1. The van der Waals surface area contributed by atoms with Crippen LogP contribution in [0, 0.1) is 5.82 Å². The highest BCUT2D eigenvalue weighted by Crippen LogP contribution is 2.29. The van der Waals surface area contributed by atoms with Gasteiger partial charge in [0.25, 0.3) is 0 Å². The van der Waals surface area contributed by atoms with E-state index in [0.29, 0.717) is 34.7 Å². The predicted octanol–water partition coefficient (Wildman–Crippen LogP) is 3.51. The van der Waals surface area contributed by atoms with E-state index in [1.165, 1.54) is 12.1 Å². The van der Waals surface area contributed by atoms with Crippen LogP contribution in [0.3, 0.4) is 0 Å². The molecule has 9 nitrogen and oxygen atoms in total. The Morgan fingerprint density at radius 2 is 2.00 bits per heavy atom. The number of fused-ring (bicyclic) bond motifs is 3. The number of imidazole rings is 1. The fourth-order valence-corrected chi connectivity index (χ4v) is 3.45. The van der Waals surface area contributed by atoms with Crippen LogP contribution in [0.4, 0.5) is 20.7 Å². The SMILES string of the molecule is NC(=O)Nc1ccc(-c2cnc3c(NCc4cn[nH]c4)nc4ccc(F)cc4n23)cc1. The maximum atomic E-state index is 14.1. The summed E-state index contributed by atoms with van der Waals surface area (Å²) in [6.45, 7) is 0.502. The van der Waals surface area contributed by atoms with Crippen molar-refractivity contribution in [1.82, 2.24) is 24.6 Å². The molecule has 0 saturated carbocycles. The molecule has 0 bridgehead atoms. The van der Waals surface area contributed by atoms with Gasteiger partial charge in [0.2, 0.25) is 0 Å². The van der Waals surface area contributed by atoms with Gasteiger partial charge in [-0.3, -0.25) is 9.50 Å². The van der Waals surface area contributed by atoms with Gasteiger partial charge in [-0.05, 0) is 24.3 Å². The Morgan fingerprint density at radius 1 is 1.16 bits per heavy atom. The second-order valence-corrected chi connectivity index (χ2v) is 6.92. The van der Waals surface area contributed by atoms with Gasteiger partial charge in [0.15, 0.2) is 11.5 Å². The smallest absolute Gasteiger partial charge is 0.316 e. The first-order valence-electron chi connectivity index (χ1n) is 9.43. The summed E-state index contributed by atoms with van der Waals surface area (Å²) in [6.07, 6.45) is 5.22. The largest absolute Gasteiger partial charge is 0.363 e. The van der Waals surface area contributed by atoms with Crippen LogP contribution in [-0.2, 0) is 6.54 Å². The van der Waals surface area contributed by atoms with E-state index in [2.05, 4.69) is 30.8 Å². The molecule has 2 amide bonds. The maximum absolute atomic E-state index is 14.1. The summed E-state index contributed by atoms with van der Waals surface area (Å²) < 4.78 is 15.9. The molecule has 0 unspecified atom stereocenters. The van der Waals surface area contributed by atoms with Crippen molar-refractivity contribution >= 4 is 34.2 Å². The molecular weight excluding hydrogens is 399 g/mol. The van der Waals surface area contributed by atoms with Crippen molar-refractivity contribution in [3.8, 4) is 11.3 Å². The number of nitrogens with two attached hydrogens (primary N) is 1. The van der Waals surface area contributed by atoms with Crippen molar-refractivity contribution < 1.29 is 9.18 Å². The van der Waals surface area contributed by atoms with Crippen LogP contribution in [-0.4, -0.2) is 30.6 Å². The number of nitrogens with zero attached hydrogens (tertiary/aromatic N) is 4. The summed E-state index contributed by atoms with van der Waals surface area (Å²) in [5.74, 6) is 0.203. The minimum absolute atomic E-state index is 0.365. The number of amides is 2. The number of carbonyl (C=O) groups excluding carboxylic acids is 1. The Bertz CT molecular complexity index is 1390. The minimum Gasteiger partial charge on any atom is -0.363 e. The first kappa shape index (κ1) is 18.6. The Hall–Kier alpha value is -4.47. The number of anilines is 2. The molecule has 10 heteroatoms. The molecule has 154 valence electrons. The zero-order valence-corrected chi connectivity index (χ0v) is 16.1. The van der Waals surface area contributed by atoms with Gasteiger partial charge in [0.05, 0.1) is 29.1 Å². The van der Waals surface area contributed by atoms with E-state index in [1.807, 2.05) is 16.5 Å². The van der Waals surface area contributed by atoms with Crippen molar-refractivity contribution in [2.75, 3.05) is 10.6 Å². The standard InChI is InChI=1S/C21H17FN8O/c22-14-3-6-16-17(7-14)30-18(13-1-4-15(5-2-13)28-21(23)31)11-25-20(30)19(29-16)24-8-12-9-26-27-10-12/h1-7,9-11H,8H2,(H,24,29)(H,26,27)(H3,23,28,31). The zero-order chi connectivity index (χ0) is 21.4. The van der Waals surface area contributed by atoms with Crippen LogP contribution in [0.5, 0.6) is 0 Å². The second-order valence-electron chi connectivity index (χ2n) is 6.92. The number of carbonyl (C=O) groups is 1. The third-order valence-electron chi connectivity index (χ3n) is 4.85. The summed E-state index contributed by atoms with van der Waals surface area (Å²) in [5, 5.41) is 12.5. The number of aromatic amines is 1. The van der Waals surface area contributed by atoms with Gasteiger partial charge in [-0.15, -0.1) is 0 Å². The Labute approximate surface area is 175 Å². The van der Waals surface area contributed by atoms with E-state index in [4.69, 9.17) is 5.73 Å². The maximum Gasteiger partial charge on any atom is 0.316 e. The third kappa shape index (κ3) is 3.50. The predicted molar refractivity (Wildman–Crippen MR) is 115 cm³/mol. The lowest BCUT2D eigenvalue weighted by Gasteiger charge is -2.11. The van der Waals surface area contributed by atoms with Crippen LogP contribution in [0.15, 0.2) is 61.1 Å². The average molecular weight is 416 g/mol. The fourth-order valence-electron chi connectivity index (χ4n) is 3.45. The van der Waals surface area contributed by atoms with Crippen molar-refractivity contribution in [2.45, 2.75) is 6.54 Å². The lowest BCUT2D eigenvalue weighted by Crippen LogP contribution is -2.19. The van der Waals surface area contributed by atoms with E-state index in [0.717, 1.165) is 16.8 Å². The summed E-state index contributed by atoms with van der Waals surface area (Å²) in [7, 11) is 0. The van der Waals surface area contributed by atoms with E-state index >= 15 is 0 Å². The second kappa shape index (κ2) is 7.41. The van der Waals surface area contributed by atoms with Gasteiger partial charge < -0.3 is 16.4 Å². The third-order valence-corrected chi connectivity index (χ3v) is 4.85. The van der Waals surface area contributed by atoms with Crippen LogP contribution < -0.4 is 16.4 Å². The number of aromatic nitrogens is 5. The molecule has 0 aliphatic carbocycles. The lowest BCUT2D eigenvalue weighted by molar-refractivity contribution is 0.259. The normalized spacial score (nSPS) is 11.1. The summed E-state index contributed by atoms with van der Waals surface area (Å²) >= 11 is 0. The molecule has 0 fully saturated rings. The Morgan fingerprint density at radius 3 is 2.74 bits per heavy atom. The average Bonchev–Trinajstić information content (AvgIpc) is 3.43. The molecule has 0 radical (unpaired) electrons. The fraction of sp³-hybridized carbons (Fsp3) is 0.0476. The molecule has 0 spiro atoms. The van der Waals surface area contributed by atoms with Crippen molar-refractivity contribution in [1.29, 1.82) is 0 Å². The van der Waals surface area contributed by atoms with Gasteiger partial charge in [-0.2, -0.15) is 5.10 Å². The number of rotatable bonds is 5. The molecule has 5 N–H and O–H groups in total. The summed E-state index contributed by atoms with van der Waals surface area (Å²) in [6, 6.07) is 11.0. The molecule has 0 aliphatic rings. The lowest BCUT2D eigenvalue weighted by atomic mass is 10.1. The van der Waals surface area contributed by atoms with E-state index in [1.54, 1.807) is 36.8 Å². The first-order chi connectivity index (χ1) is 15.1. The number of nitrogens with one attached hydrogen (secondary N) is 3. The van der Waals surface area contributed by atoms with Crippen molar-refractivity contribution in [3.05, 3.63) is 72.4 Å². The van der Waals surface area contributed by atoms with Gasteiger partial charge in [-0.1, -0.05) is 12.1 Å². The van der Waals surface area contributed by atoms with E-state index < -0.39 is 6.03 Å². The Balaban J connectivity index is 1.64. The van der Waals surface area contributed by atoms with Crippen LogP contribution >= 0.6 is 0 Å². The molecule has 2 aromatic carbocycles. The van der Waals surface area contributed by atoms with E-state index in [-0.39, 0.29) is 5.82 Å².